The van der Waals surface area contributed by atoms with Crippen molar-refractivity contribution in [2.75, 3.05) is 24.7 Å². The van der Waals surface area contributed by atoms with E-state index in [1.165, 1.54) is 44.5 Å². The number of halogens is 1. The normalized spacial score (nSPS) is 13.5. The molecule has 9 nitrogen and oxygen atoms in total. The Labute approximate surface area is 244 Å². The smallest absolute Gasteiger partial charge is 0.308 e. The minimum Gasteiger partial charge on any atom is -0.469 e. The maximum absolute atomic E-state index is 13.7. The summed E-state index contributed by atoms with van der Waals surface area (Å²) >= 11 is 0. The molecule has 1 aromatic carbocycles. The number of aromatic nitrogens is 2. The maximum Gasteiger partial charge on any atom is 0.308 e. The number of nitrogens with zero attached hydrogens (tertiary/aromatic N) is 3. The molecule has 0 aliphatic rings. The zero-order valence-electron chi connectivity index (χ0n) is 25.6. The van der Waals surface area contributed by atoms with Crippen molar-refractivity contribution in [1.29, 1.82) is 0 Å². The van der Waals surface area contributed by atoms with Crippen LogP contribution in [0.15, 0.2) is 30.3 Å². The van der Waals surface area contributed by atoms with E-state index >= 15 is 0 Å². The maximum atomic E-state index is 13.7. The number of esters is 1. The Bertz CT molecular complexity index is 1390. The van der Waals surface area contributed by atoms with E-state index in [2.05, 4.69) is 30.7 Å². The third kappa shape index (κ3) is 9.27. The molecule has 0 unspecified atom stereocenters. The predicted molar refractivity (Wildman–Crippen MR) is 162 cm³/mol. The van der Waals surface area contributed by atoms with Gasteiger partial charge in [-0.3, -0.25) is 9.59 Å². The van der Waals surface area contributed by atoms with Gasteiger partial charge in [-0.1, -0.05) is 34.6 Å². The lowest BCUT2D eigenvalue weighted by atomic mass is 9.97. The number of carbonyl (C=O) groups is 2. The van der Waals surface area contributed by atoms with Crippen LogP contribution in [-0.2, 0) is 28.8 Å². The fraction of sp³-hybridized carbons (Fsp3) is 0.517. The van der Waals surface area contributed by atoms with Crippen LogP contribution in [0, 0.1) is 5.82 Å². The molecule has 0 bridgehead atoms. The highest BCUT2D eigenvalue weighted by Crippen LogP contribution is 2.38. The van der Waals surface area contributed by atoms with Gasteiger partial charge in [0, 0.05) is 24.6 Å². The lowest BCUT2D eigenvalue weighted by molar-refractivity contribution is -0.142. The van der Waals surface area contributed by atoms with Crippen molar-refractivity contribution in [2.45, 2.75) is 77.6 Å². The Balaban J connectivity index is 2.58. The molecule has 0 spiro atoms. The molecule has 1 atom stereocenters. The molecule has 0 N–H and O–H groups in total. The summed E-state index contributed by atoms with van der Waals surface area (Å²) in [7, 11) is -3.32. The molecule has 2 rings (SSSR count). The highest BCUT2D eigenvalue weighted by Gasteiger charge is 2.40. The summed E-state index contributed by atoms with van der Waals surface area (Å²) in [6.45, 7) is 14.1. The van der Waals surface area contributed by atoms with Crippen LogP contribution in [0.1, 0.15) is 64.6 Å². The van der Waals surface area contributed by atoms with E-state index in [4.69, 9.17) is 9.16 Å². The van der Waals surface area contributed by atoms with Gasteiger partial charge in [-0.15, -0.1) is 0 Å². The second kappa shape index (κ2) is 13.3. The van der Waals surface area contributed by atoms with E-state index in [0.717, 1.165) is 10.6 Å². The third-order valence-electron chi connectivity index (χ3n) is 7.16. The number of hydrogen-bond donors (Lipinski definition) is 0. The van der Waals surface area contributed by atoms with E-state index in [9.17, 15) is 22.4 Å². The first-order chi connectivity index (χ1) is 18.8. The quantitative estimate of drug-likeness (QED) is 0.171. The Kier molecular flexibility index (Phi) is 11.1. The summed E-state index contributed by atoms with van der Waals surface area (Å²) in [5.41, 5.74) is 1.88. The van der Waals surface area contributed by atoms with Crippen LogP contribution in [0.2, 0.25) is 18.1 Å². The number of methoxy groups -OCH3 is 1. The summed E-state index contributed by atoms with van der Waals surface area (Å²) < 4.78 is 50.5. The van der Waals surface area contributed by atoms with Gasteiger partial charge in [0.15, 0.2) is 14.1 Å². The summed E-state index contributed by atoms with van der Waals surface area (Å²) in [6.07, 6.45) is 3.25. The van der Waals surface area contributed by atoms with Crippen LogP contribution in [-0.4, -0.2) is 65.0 Å². The molecule has 41 heavy (non-hydrogen) atoms. The summed E-state index contributed by atoms with van der Waals surface area (Å²) in [5.74, 6) is -1.40. The zero-order valence-corrected chi connectivity index (χ0v) is 27.4. The summed E-state index contributed by atoms with van der Waals surface area (Å²) in [4.78, 5) is 34.4. The van der Waals surface area contributed by atoms with Crippen molar-refractivity contribution in [3.63, 3.8) is 0 Å². The van der Waals surface area contributed by atoms with Gasteiger partial charge >= 0.3 is 5.97 Å². The molecule has 0 aliphatic heterocycles. The number of anilines is 1. The zero-order chi connectivity index (χ0) is 31.3. The summed E-state index contributed by atoms with van der Waals surface area (Å²) in [5, 5.41) is -0.130. The predicted octanol–water partition coefficient (Wildman–Crippen LogP) is 5.73. The van der Waals surface area contributed by atoms with Crippen LogP contribution in [0.25, 0.3) is 17.3 Å². The Morgan fingerprint density at radius 2 is 1.68 bits per heavy atom. The third-order valence-corrected chi connectivity index (χ3v) is 12.9. The van der Waals surface area contributed by atoms with Crippen LogP contribution in [0.5, 0.6) is 0 Å². The standard InChI is InChI=1S/C29H42FN3O6SSi/c1-19(2)26-24(16-15-22(34)17-23(18-25(35)38-7)39-41(9,10)29(3,4)5)27(20-11-13-21(30)14-12-20)32-28(31-26)33(6)40(8,36)37/h11-16,19,23H,17-18H2,1-10H3/t23-/m1/s1. The Morgan fingerprint density at radius 1 is 1.10 bits per heavy atom. The molecule has 226 valence electrons. The first-order valence-corrected chi connectivity index (χ1v) is 18.1. The first-order valence-electron chi connectivity index (χ1n) is 13.3. The lowest BCUT2D eigenvalue weighted by Crippen LogP contribution is -2.44. The number of benzene rings is 1. The largest absolute Gasteiger partial charge is 0.469 e. The van der Waals surface area contributed by atoms with Crippen molar-refractivity contribution < 1.29 is 31.6 Å². The molecule has 0 fully saturated rings. The van der Waals surface area contributed by atoms with E-state index in [-0.39, 0.29) is 35.5 Å². The molecular formula is C29H42FN3O6SSi. The average Bonchev–Trinajstić information content (AvgIpc) is 2.85. The lowest BCUT2D eigenvalue weighted by Gasteiger charge is -2.39. The van der Waals surface area contributed by atoms with Gasteiger partial charge in [0.05, 0.1) is 37.3 Å². The Hall–Kier alpha value is -2.96. The molecule has 0 amide bonds. The molecule has 0 saturated heterocycles. The van der Waals surface area contributed by atoms with Crippen LogP contribution in [0.4, 0.5) is 10.3 Å². The highest BCUT2D eigenvalue weighted by atomic mass is 32.2. The molecule has 0 saturated carbocycles. The van der Waals surface area contributed by atoms with E-state index in [1.807, 2.05) is 26.9 Å². The van der Waals surface area contributed by atoms with Gasteiger partial charge in [0.25, 0.3) is 0 Å². The van der Waals surface area contributed by atoms with Crippen molar-refractivity contribution in [1.82, 2.24) is 9.97 Å². The molecule has 0 radical (unpaired) electrons. The molecule has 2 aromatic rings. The molecule has 1 aromatic heterocycles. The number of hydrogen-bond acceptors (Lipinski definition) is 8. The van der Waals surface area contributed by atoms with E-state index < -0.39 is 36.2 Å². The highest BCUT2D eigenvalue weighted by molar-refractivity contribution is 7.92. The average molecular weight is 608 g/mol. The van der Waals surface area contributed by atoms with Crippen molar-refractivity contribution in [3.8, 4) is 11.3 Å². The van der Waals surface area contributed by atoms with Gasteiger partial charge < -0.3 is 9.16 Å². The second-order valence-electron chi connectivity index (χ2n) is 11.8. The van der Waals surface area contributed by atoms with Crippen molar-refractivity contribution in [3.05, 3.63) is 47.4 Å². The fourth-order valence-electron chi connectivity index (χ4n) is 3.68. The number of sulfonamides is 1. The molecule has 12 heteroatoms. The molecular weight excluding hydrogens is 565 g/mol. The van der Waals surface area contributed by atoms with Crippen molar-refractivity contribution >= 4 is 42.1 Å². The summed E-state index contributed by atoms with van der Waals surface area (Å²) in [6, 6.07) is 5.62. The first kappa shape index (κ1) is 34.2. The van der Waals surface area contributed by atoms with E-state index in [1.54, 1.807) is 6.08 Å². The second-order valence-corrected chi connectivity index (χ2v) is 18.6. The van der Waals surface area contributed by atoms with E-state index in [0.29, 0.717) is 22.5 Å². The van der Waals surface area contributed by atoms with Gasteiger partial charge in [-0.2, -0.15) is 0 Å². The molecule has 0 aliphatic carbocycles. The number of ketones is 1. The number of allylic oxidation sites excluding steroid dienone is 1. The monoisotopic (exact) mass is 607 g/mol. The SMILES string of the molecule is COC(=O)C[C@@H](CC(=O)C=Cc1c(-c2ccc(F)cc2)nc(N(C)S(C)(=O)=O)nc1C(C)C)O[Si](C)(C)C(C)(C)C. The topological polar surface area (TPSA) is 116 Å². The van der Waals surface area contributed by atoms with Gasteiger partial charge in [0.2, 0.25) is 16.0 Å². The molecule has 1 heterocycles. The van der Waals surface area contributed by atoms with Crippen LogP contribution < -0.4 is 4.31 Å². The van der Waals surface area contributed by atoms with Gasteiger partial charge in [-0.25, -0.2) is 27.1 Å². The minimum absolute atomic E-state index is 0.0417. The Morgan fingerprint density at radius 3 is 2.17 bits per heavy atom. The number of carbonyl (C=O) groups excluding carboxylic acids is 2. The minimum atomic E-state index is -3.67. The fourth-order valence-corrected chi connectivity index (χ4v) is 5.41. The number of rotatable bonds is 12. The van der Waals surface area contributed by atoms with Crippen molar-refractivity contribution in [2.24, 2.45) is 0 Å². The van der Waals surface area contributed by atoms with Crippen LogP contribution in [0.3, 0.4) is 0 Å². The van der Waals surface area contributed by atoms with Gasteiger partial charge in [0.1, 0.15) is 5.82 Å². The van der Waals surface area contributed by atoms with Gasteiger partial charge in [-0.05, 0) is 60.5 Å². The number of ether oxygens (including phenoxy) is 1. The van der Waals surface area contributed by atoms with Crippen LogP contribution >= 0.6 is 0 Å².